The molecule has 3 heterocycles. The van der Waals surface area contributed by atoms with Gasteiger partial charge in [-0.2, -0.15) is 10.6 Å². The van der Waals surface area contributed by atoms with Crippen LogP contribution in [0.2, 0.25) is 0 Å². The van der Waals surface area contributed by atoms with Gasteiger partial charge in [0.1, 0.15) is 6.61 Å². The second kappa shape index (κ2) is 9.23. The monoisotopic (exact) mass is 488 g/mol. The molecule has 0 bridgehead atoms. The molecule has 3 aliphatic heterocycles. The molecule has 5 rings (SSSR count). The Kier molecular flexibility index (Phi) is 6.45. The molecule has 0 aromatic heterocycles. The minimum Gasteiger partial charge on any atom is -0.457 e. The standard InChI is InChI=1S/C25H32N2O6S/c1-16-19(3-4-20-21(16)15-33-25(20)30)23(29)14-27-9-7-26(8-10-27)13-22(28)17-2-5-24-18(12-17)6-11-34(24,31)32/h2-5,12,22-23,28-29,31-32H,6-11,13-15H2,1H3/t22?,23-/m0/s1. The minimum atomic E-state index is -2.66. The summed E-state index contributed by atoms with van der Waals surface area (Å²) in [6.07, 6.45) is -0.646. The summed E-state index contributed by atoms with van der Waals surface area (Å²) in [7, 11) is -2.66. The zero-order valence-electron chi connectivity index (χ0n) is 19.3. The third-order valence-corrected chi connectivity index (χ3v) is 9.25. The van der Waals surface area contributed by atoms with E-state index < -0.39 is 22.8 Å². The fraction of sp³-hybridized carbons (Fsp3) is 0.480. The summed E-state index contributed by atoms with van der Waals surface area (Å²) in [6, 6.07) is 9.03. The number of benzene rings is 2. The first-order valence-electron chi connectivity index (χ1n) is 11.7. The van der Waals surface area contributed by atoms with E-state index in [-0.39, 0.29) is 12.6 Å². The average molecular weight is 489 g/mol. The van der Waals surface area contributed by atoms with E-state index in [0.717, 1.165) is 54.0 Å². The number of esters is 1. The van der Waals surface area contributed by atoms with Crippen LogP contribution in [0.1, 0.15) is 50.4 Å². The molecule has 0 amide bonds. The first-order valence-corrected chi connectivity index (χ1v) is 13.4. The van der Waals surface area contributed by atoms with Gasteiger partial charge in [0.15, 0.2) is 0 Å². The number of carbonyl (C=O) groups excluding carboxylic acids is 1. The molecule has 2 aromatic carbocycles. The number of nitrogens with zero attached hydrogens (tertiary/aromatic N) is 2. The number of hydrogen-bond donors (Lipinski definition) is 4. The van der Waals surface area contributed by atoms with Crippen molar-refractivity contribution >= 4 is 16.6 Å². The Hall–Kier alpha value is -1.98. The summed E-state index contributed by atoms with van der Waals surface area (Å²) >= 11 is 0. The van der Waals surface area contributed by atoms with Gasteiger partial charge in [0.2, 0.25) is 0 Å². The molecule has 0 aliphatic carbocycles. The Morgan fingerprint density at radius 1 is 1.00 bits per heavy atom. The SMILES string of the molecule is Cc1c([C@@H](O)CN2CCN(CC(O)c3ccc4c(c3)CCS4(O)O)CC2)ccc2c1COC2=O. The van der Waals surface area contributed by atoms with E-state index in [9.17, 15) is 24.1 Å². The van der Waals surface area contributed by atoms with Gasteiger partial charge in [-0.25, -0.2) is 4.79 Å². The van der Waals surface area contributed by atoms with Crippen molar-refractivity contribution < 1.29 is 28.8 Å². The van der Waals surface area contributed by atoms with Gasteiger partial charge in [0.25, 0.3) is 0 Å². The van der Waals surface area contributed by atoms with E-state index in [1.165, 1.54) is 0 Å². The number of β-amino-alcohol motifs (C(OH)–C–C–N with tert-alkyl or cyclic N) is 2. The zero-order chi connectivity index (χ0) is 24.0. The number of ether oxygens (including phenoxy) is 1. The summed E-state index contributed by atoms with van der Waals surface area (Å²) in [5, 5.41) is 21.6. The van der Waals surface area contributed by atoms with Crippen molar-refractivity contribution in [2.75, 3.05) is 45.0 Å². The maximum atomic E-state index is 11.8. The highest BCUT2D eigenvalue weighted by Gasteiger charge is 2.29. The van der Waals surface area contributed by atoms with Crippen molar-refractivity contribution in [2.45, 2.75) is 37.1 Å². The third-order valence-electron chi connectivity index (χ3n) is 7.37. The maximum absolute atomic E-state index is 11.8. The average Bonchev–Trinajstić information content (AvgIpc) is 3.34. The summed E-state index contributed by atoms with van der Waals surface area (Å²) < 4.78 is 25.3. The molecule has 4 N–H and O–H groups in total. The lowest BCUT2D eigenvalue weighted by atomic mass is 9.95. The molecule has 0 radical (unpaired) electrons. The molecule has 1 saturated heterocycles. The molecule has 2 atom stereocenters. The highest BCUT2D eigenvalue weighted by Crippen LogP contribution is 2.55. The molecular weight excluding hydrogens is 456 g/mol. The zero-order valence-corrected chi connectivity index (χ0v) is 20.1. The van der Waals surface area contributed by atoms with Gasteiger partial charge in [-0.1, -0.05) is 18.2 Å². The van der Waals surface area contributed by atoms with E-state index >= 15 is 0 Å². The van der Waals surface area contributed by atoms with Gasteiger partial charge < -0.3 is 14.9 Å². The lowest BCUT2D eigenvalue weighted by Gasteiger charge is -2.36. The van der Waals surface area contributed by atoms with Crippen LogP contribution in [0.25, 0.3) is 0 Å². The number of cyclic esters (lactones) is 1. The Morgan fingerprint density at radius 3 is 2.38 bits per heavy atom. The predicted molar refractivity (Wildman–Crippen MR) is 129 cm³/mol. The Bertz CT molecular complexity index is 1100. The quantitative estimate of drug-likeness (QED) is 0.459. The second-order valence-electron chi connectivity index (χ2n) is 9.50. The number of carbonyl (C=O) groups is 1. The van der Waals surface area contributed by atoms with Crippen molar-refractivity contribution in [3.63, 3.8) is 0 Å². The number of piperazine rings is 1. The summed E-state index contributed by atoms with van der Waals surface area (Å²) in [5.74, 6) is 0.0698. The fourth-order valence-electron chi connectivity index (χ4n) is 5.26. The van der Waals surface area contributed by atoms with Crippen LogP contribution in [0.15, 0.2) is 35.2 Å². The van der Waals surface area contributed by atoms with Crippen LogP contribution in [-0.4, -0.2) is 80.1 Å². The summed E-state index contributed by atoms with van der Waals surface area (Å²) in [5.41, 5.74) is 4.96. The Morgan fingerprint density at radius 2 is 1.68 bits per heavy atom. The predicted octanol–water partition coefficient (Wildman–Crippen LogP) is 2.72. The first-order chi connectivity index (χ1) is 16.2. The first kappa shape index (κ1) is 23.7. The highest BCUT2D eigenvalue weighted by molar-refractivity contribution is 8.24. The fourth-order valence-corrected chi connectivity index (χ4v) is 6.85. The number of rotatable bonds is 6. The van der Waals surface area contributed by atoms with Gasteiger partial charge in [0.05, 0.1) is 22.7 Å². The third kappa shape index (κ3) is 4.49. The van der Waals surface area contributed by atoms with E-state index in [0.29, 0.717) is 35.7 Å². The molecule has 9 heteroatoms. The lowest BCUT2D eigenvalue weighted by molar-refractivity contribution is 0.0480. The van der Waals surface area contributed by atoms with Crippen LogP contribution in [0.4, 0.5) is 0 Å². The number of aliphatic hydroxyl groups excluding tert-OH is 2. The molecule has 1 fully saturated rings. The number of fused-ring (bicyclic) bond motifs is 2. The topological polar surface area (TPSA) is 114 Å². The van der Waals surface area contributed by atoms with Crippen LogP contribution < -0.4 is 0 Å². The Balaban J connectivity index is 1.14. The van der Waals surface area contributed by atoms with Gasteiger partial charge in [-0.15, -0.1) is 0 Å². The Labute approximate surface area is 201 Å². The van der Waals surface area contributed by atoms with Crippen molar-refractivity contribution in [2.24, 2.45) is 0 Å². The van der Waals surface area contributed by atoms with E-state index in [2.05, 4.69) is 9.80 Å². The van der Waals surface area contributed by atoms with Gasteiger partial charge in [-0.05, 0) is 47.7 Å². The van der Waals surface area contributed by atoms with E-state index in [1.54, 1.807) is 18.2 Å². The minimum absolute atomic E-state index is 0.272. The van der Waals surface area contributed by atoms with E-state index in [1.807, 2.05) is 19.1 Å². The summed E-state index contributed by atoms with van der Waals surface area (Å²) in [4.78, 5) is 16.8. The molecule has 8 nitrogen and oxygen atoms in total. The lowest BCUT2D eigenvalue weighted by Crippen LogP contribution is -2.48. The molecule has 0 saturated carbocycles. The smallest absolute Gasteiger partial charge is 0.338 e. The van der Waals surface area contributed by atoms with Gasteiger partial charge in [-0.3, -0.25) is 18.9 Å². The summed E-state index contributed by atoms with van der Waals surface area (Å²) in [6.45, 7) is 6.40. The highest BCUT2D eigenvalue weighted by atomic mass is 32.3. The molecule has 3 aliphatic rings. The largest absolute Gasteiger partial charge is 0.457 e. The van der Waals surface area contributed by atoms with E-state index in [4.69, 9.17) is 4.74 Å². The van der Waals surface area contributed by atoms with Gasteiger partial charge in [0, 0.05) is 50.6 Å². The van der Waals surface area contributed by atoms with Crippen LogP contribution in [0, 0.1) is 6.92 Å². The molecule has 34 heavy (non-hydrogen) atoms. The van der Waals surface area contributed by atoms with Crippen molar-refractivity contribution in [1.82, 2.24) is 9.80 Å². The molecule has 0 spiro atoms. The molecule has 2 aromatic rings. The van der Waals surface area contributed by atoms with Crippen molar-refractivity contribution in [3.8, 4) is 0 Å². The number of aryl methyl sites for hydroxylation is 1. The van der Waals surface area contributed by atoms with Crippen LogP contribution in [0.5, 0.6) is 0 Å². The van der Waals surface area contributed by atoms with Crippen LogP contribution in [0.3, 0.4) is 0 Å². The molecular formula is C25H32N2O6S. The van der Waals surface area contributed by atoms with Crippen molar-refractivity contribution in [1.29, 1.82) is 0 Å². The number of hydrogen-bond acceptors (Lipinski definition) is 8. The molecule has 1 unspecified atom stereocenters. The van der Waals surface area contributed by atoms with Crippen LogP contribution in [-0.2, 0) is 17.8 Å². The van der Waals surface area contributed by atoms with Crippen molar-refractivity contribution in [3.05, 3.63) is 63.7 Å². The normalized spacial score (nSPS) is 22.7. The number of aliphatic hydroxyl groups is 2. The van der Waals surface area contributed by atoms with Crippen LogP contribution >= 0.6 is 10.6 Å². The maximum Gasteiger partial charge on any atom is 0.338 e. The molecule has 184 valence electrons. The van der Waals surface area contributed by atoms with Gasteiger partial charge >= 0.3 is 5.97 Å². The second-order valence-corrected chi connectivity index (χ2v) is 11.7.